The quantitative estimate of drug-likeness (QED) is 0.106. The molecule has 0 spiro atoms. The van der Waals surface area contributed by atoms with E-state index < -0.39 is 41.5 Å². The fraction of sp³-hybridized carbons (Fsp3) is 0.560. The van der Waals surface area contributed by atoms with E-state index in [1.807, 2.05) is 24.3 Å². The Balaban J connectivity index is 0.000000166. The number of imide groups is 1. The van der Waals surface area contributed by atoms with E-state index >= 15 is 0 Å². The number of aromatic nitrogens is 6. The Bertz CT molecular complexity index is 2590. The summed E-state index contributed by atoms with van der Waals surface area (Å²) in [5.74, 6) is -6.46. The van der Waals surface area contributed by atoms with E-state index in [1.165, 1.54) is 11.1 Å². The number of rotatable bonds is 12. The molecule has 72 heavy (non-hydrogen) atoms. The fourth-order valence-electron chi connectivity index (χ4n) is 9.83. The van der Waals surface area contributed by atoms with Crippen molar-refractivity contribution in [2.75, 3.05) is 26.2 Å². The molecule has 9 rings (SSSR count). The van der Waals surface area contributed by atoms with Gasteiger partial charge in [-0.25, -0.2) is 22.4 Å². The van der Waals surface area contributed by atoms with E-state index in [4.69, 9.17) is 10.6 Å². The Morgan fingerprint density at radius 3 is 1.51 bits per heavy atom. The number of hydrogen-bond donors (Lipinski definition) is 4. The van der Waals surface area contributed by atoms with E-state index in [9.17, 15) is 46.3 Å². The van der Waals surface area contributed by atoms with Gasteiger partial charge in [0.2, 0.25) is 17.8 Å². The van der Waals surface area contributed by atoms with Crippen LogP contribution in [0.2, 0.25) is 0 Å². The lowest BCUT2D eigenvalue weighted by Crippen LogP contribution is -2.37. The molecule has 2 aliphatic carbocycles. The molecule has 5 aliphatic rings. The van der Waals surface area contributed by atoms with Crippen molar-refractivity contribution in [3.8, 4) is 0 Å². The minimum absolute atomic E-state index is 0.0159. The molecule has 4 aromatic rings. The first-order valence-corrected chi connectivity index (χ1v) is 24.6. The monoisotopic (exact) mass is 1010 g/mol. The Morgan fingerprint density at radius 1 is 0.653 bits per heavy atom. The first-order valence-electron chi connectivity index (χ1n) is 24.6. The van der Waals surface area contributed by atoms with Crippen LogP contribution in [0.25, 0.3) is 0 Å². The molecule has 5 heterocycles. The molecule has 3 aliphatic heterocycles. The first kappa shape index (κ1) is 53.5. The lowest BCUT2D eigenvalue weighted by atomic mass is 9.86. The zero-order chi connectivity index (χ0) is 51.6. The van der Waals surface area contributed by atoms with Crippen LogP contribution in [-0.2, 0) is 50.2 Å². The summed E-state index contributed by atoms with van der Waals surface area (Å²) in [6.07, 6.45) is -0.906. The average molecular weight is 1010 g/mol. The second-order valence-electron chi connectivity index (χ2n) is 19.7. The Kier molecular flexibility index (Phi) is 17.8. The number of carbonyl (C=O) groups is 4. The van der Waals surface area contributed by atoms with Crippen LogP contribution in [0.3, 0.4) is 0 Å². The molecule has 5 N–H and O–H groups in total. The maximum absolute atomic E-state index is 13.3. The van der Waals surface area contributed by atoms with Crippen LogP contribution in [0.4, 0.5) is 17.6 Å². The topological polar surface area (TPSA) is 243 Å². The van der Waals surface area contributed by atoms with Crippen molar-refractivity contribution in [3.63, 3.8) is 0 Å². The molecule has 388 valence electrons. The third-order valence-electron chi connectivity index (χ3n) is 14.1. The highest BCUT2D eigenvalue weighted by Crippen LogP contribution is 2.38. The van der Waals surface area contributed by atoms with Crippen LogP contribution < -0.4 is 22.2 Å². The molecule has 0 bridgehead atoms. The van der Waals surface area contributed by atoms with Gasteiger partial charge in [0, 0.05) is 102 Å². The predicted molar refractivity (Wildman–Crippen MR) is 253 cm³/mol. The second-order valence-corrected chi connectivity index (χ2v) is 19.7. The van der Waals surface area contributed by atoms with Gasteiger partial charge in [0.1, 0.15) is 23.0 Å². The number of alkyl halides is 4. The molecule has 4 unspecified atom stereocenters. The summed E-state index contributed by atoms with van der Waals surface area (Å²) in [5, 5.41) is 19.5. The number of hydroxylamine groups is 2. The van der Waals surface area contributed by atoms with E-state index in [1.54, 1.807) is 0 Å². The maximum atomic E-state index is 13.3. The highest BCUT2D eigenvalue weighted by molar-refractivity contribution is 6.01. The van der Waals surface area contributed by atoms with Crippen LogP contribution in [0.1, 0.15) is 124 Å². The summed E-state index contributed by atoms with van der Waals surface area (Å²) in [6, 6.07) is 20.7. The fourth-order valence-corrected chi connectivity index (χ4v) is 9.83. The zero-order valence-electron chi connectivity index (χ0n) is 40.5. The average Bonchev–Trinajstić information content (AvgIpc) is 4.02. The zero-order valence-corrected chi connectivity index (χ0v) is 40.5. The Labute approximate surface area is 413 Å². The van der Waals surface area contributed by atoms with Crippen molar-refractivity contribution in [1.82, 2.24) is 50.5 Å². The number of amides is 3. The van der Waals surface area contributed by atoms with Crippen molar-refractivity contribution in [1.29, 1.82) is 0 Å². The molecular formula is C50H63F4N11O7. The van der Waals surface area contributed by atoms with Crippen LogP contribution in [-0.4, -0.2) is 107 Å². The van der Waals surface area contributed by atoms with E-state index in [2.05, 4.69) is 95.7 Å². The number of aromatic amines is 2. The number of likely N-dealkylation sites (tertiary alicyclic amines) is 2. The van der Waals surface area contributed by atoms with Gasteiger partial charge in [0.15, 0.2) is 0 Å². The molecule has 4 atom stereocenters. The normalized spacial score (nSPS) is 23.5. The van der Waals surface area contributed by atoms with Gasteiger partial charge in [-0.15, -0.1) is 25.5 Å². The molecule has 3 saturated heterocycles. The number of H-pyrrole nitrogens is 2. The summed E-state index contributed by atoms with van der Waals surface area (Å²) in [4.78, 5) is 85.8. The summed E-state index contributed by atoms with van der Waals surface area (Å²) >= 11 is 0. The van der Waals surface area contributed by atoms with E-state index in [0.29, 0.717) is 28.5 Å². The number of nitrogens with zero attached hydrogens (tertiary/aromatic N) is 7. The molecule has 2 saturated carbocycles. The Morgan fingerprint density at radius 2 is 1.08 bits per heavy atom. The molecule has 2 aromatic carbocycles. The van der Waals surface area contributed by atoms with Gasteiger partial charge in [0.25, 0.3) is 22.9 Å². The minimum atomic E-state index is -2.73. The van der Waals surface area contributed by atoms with Crippen molar-refractivity contribution < 1.29 is 41.6 Å². The minimum Gasteiger partial charge on any atom is -0.350 e. The van der Waals surface area contributed by atoms with Gasteiger partial charge in [-0.2, -0.15) is 0 Å². The van der Waals surface area contributed by atoms with Gasteiger partial charge in [-0.3, -0.25) is 33.8 Å². The number of nitrogens with one attached hydrogen (secondary N) is 3. The maximum Gasteiger partial charge on any atom is 0.336 e. The molecule has 0 radical (unpaired) electrons. The van der Waals surface area contributed by atoms with Crippen molar-refractivity contribution in [3.05, 3.63) is 116 Å². The predicted octanol–water partition coefficient (Wildman–Crippen LogP) is 5.12. The molecule has 18 nitrogen and oxygen atoms in total. The standard InChI is InChI=1S/C23H29F2N5O2.C16H21N5O.C11H13F2NO4/c1-15-12-30(13-16-5-3-2-4-6-16)14-18(15)20-27-22(32)19(28-29-20)11-26-21(31)17-7-9-23(24,25)10-8-17;1-11-8-21(9-12-5-3-2-4-6-12)10-13(11)15-18-16(22)14(7-17)19-20-15;12-11(13)5-3-7(4-6-11)10(17)18-14-8(15)1-2-9(14)16/h2-6,15,17-18H,7-14H2,1H3,(H,26,31)(H,27,29,32);2-6,11,13H,7-10,17H2,1H3,(H,18,20,22);7H,1-6H2. The number of benzene rings is 2. The molecule has 22 heteroatoms. The van der Waals surface area contributed by atoms with Gasteiger partial charge in [-0.1, -0.05) is 74.5 Å². The Hall–Kier alpha value is -6.26. The molecular weight excluding hydrogens is 943 g/mol. The summed E-state index contributed by atoms with van der Waals surface area (Å²) in [6.45, 7) is 9.69. The third kappa shape index (κ3) is 14.5. The largest absolute Gasteiger partial charge is 0.350 e. The summed E-state index contributed by atoms with van der Waals surface area (Å²) in [7, 11) is 0. The number of nitrogens with two attached hydrogens (primary N) is 1. The van der Waals surface area contributed by atoms with Gasteiger partial charge < -0.3 is 25.9 Å². The lowest BCUT2D eigenvalue weighted by Gasteiger charge is -2.27. The van der Waals surface area contributed by atoms with Crippen molar-refractivity contribution in [2.24, 2.45) is 29.4 Å². The highest BCUT2D eigenvalue weighted by Gasteiger charge is 2.41. The van der Waals surface area contributed by atoms with Crippen LogP contribution >= 0.6 is 0 Å². The smallest absolute Gasteiger partial charge is 0.336 e. The van der Waals surface area contributed by atoms with Gasteiger partial charge in [0.05, 0.1) is 12.5 Å². The van der Waals surface area contributed by atoms with Crippen LogP contribution in [0.5, 0.6) is 0 Å². The first-order chi connectivity index (χ1) is 34.4. The summed E-state index contributed by atoms with van der Waals surface area (Å²) < 4.78 is 52.3. The van der Waals surface area contributed by atoms with Crippen LogP contribution in [0, 0.1) is 23.7 Å². The van der Waals surface area contributed by atoms with E-state index in [0.717, 1.165) is 39.3 Å². The number of halogens is 4. The lowest BCUT2D eigenvalue weighted by molar-refractivity contribution is -0.202. The van der Waals surface area contributed by atoms with Gasteiger partial charge >= 0.3 is 5.97 Å². The van der Waals surface area contributed by atoms with E-state index in [-0.39, 0.29) is 118 Å². The second kappa shape index (κ2) is 24.0. The molecule has 5 fully saturated rings. The van der Waals surface area contributed by atoms with Crippen molar-refractivity contribution >= 4 is 23.7 Å². The highest BCUT2D eigenvalue weighted by atomic mass is 19.3. The number of hydrogen-bond acceptors (Lipinski definition) is 14. The van der Waals surface area contributed by atoms with Crippen LogP contribution in [0.15, 0.2) is 70.3 Å². The van der Waals surface area contributed by atoms with Gasteiger partial charge in [-0.05, 0) is 48.6 Å². The SMILES string of the molecule is CC1CN(Cc2ccccc2)CC1c1nnc(CN)c(=O)[nH]1.CC1CN(Cc2ccccc2)CC1c1nnc(CNC(=O)C2CCC(F)(F)CC2)c(=O)[nH]1.O=C(ON1C(=O)CCC1=O)C1CCC(F)(F)CC1. The number of carbonyl (C=O) groups excluding carboxylic acids is 4. The summed E-state index contributed by atoms with van der Waals surface area (Å²) in [5.41, 5.74) is 7.81. The third-order valence-corrected chi connectivity index (χ3v) is 14.1. The van der Waals surface area contributed by atoms with Crippen molar-refractivity contribution in [2.45, 2.75) is 128 Å². The molecule has 3 amide bonds. The molecule has 2 aromatic heterocycles.